The third kappa shape index (κ3) is 4.74. The predicted molar refractivity (Wildman–Crippen MR) is 116 cm³/mol. The summed E-state index contributed by atoms with van der Waals surface area (Å²) in [4.78, 5) is 22.7. The molecular formula is C22H26N4O2S. The normalized spacial score (nSPS) is 19.2. The maximum Gasteiger partial charge on any atom is 0.337 e. The molecule has 0 bridgehead atoms. The number of ether oxygens (including phenoxy) is 1. The van der Waals surface area contributed by atoms with Gasteiger partial charge in [-0.1, -0.05) is 12.1 Å². The van der Waals surface area contributed by atoms with Gasteiger partial charge >= 0.3 is 5.97 Å². The summed E-state index contributed by atoms with van der Waals surface area (Å²) in [6.45, 7) is 2.90. The third-order valence-corrected chi connectivity index (χ3v) is 6.40. The Labute approximate surface area is 174 Å². The number of aryl methyl sites for hydroxylation is 1. The fourth-order valence-corrected chi connectivity index (χ4v) is 4.78. The van der Waals surface area contributed by atoms with E-state index in [0.717, 1.165) is 35.4 Å². The van der Waals surface area contributed by atoms with E-state index in [-0.39, 0.29) is 5.97 Å². The molecule has 0 spiro atoms. The highest BCUT2D eigenvalue weighted by Crippen LogP contribution is 2.29. The first-order chi connectivity index (χ1) is 14.1. The van der Waals surface area contributed by atoms with Crippen molar-refractivity contribution in [3.63, 3.8) is 0 Å². The summed E-state index contributed by atoms with van der Waals surface area (Å²) in [5.74, 6) is 0.647. The third-order valence-electron chi connectivity index (χ3n) is 5.44. The number of rotatable bonds is 6. The van der Waals surface area contributed by atoms with Crippen LogP contribution < -0.4 is 10.6 Å². The predicted octanol–water partition coefficient (Wildman–Crippen LogP) is 4.30. The van der Waals surface area contributed by atoms with Gasteiger partial charge in [0.2, 0.25) is 0 Å². The molecule has 1 aliphatic carbocycles. The van der Waals surface area contributed by atoms with Crippen molar-refractivity contribution < 1.29 is 9.53 Å². The molecule has 2 aromatic heterocycles. The van der Waals surface area contributed by atoms with Gasteiger partial charge in [-0.15, -0.1) is 11.3 Å². The zero-order valence-electron chi connectivity index (χ0n) is 16.8. The number of aromatic nitrogens is 2. The van der Waals surface area contributed by atoms with Gasteiger partial charge in [0.25, 0.3) is 0 Å². The number of nitrogens with zero attached hydrogens (tertiary/aromatic N) is 2. The average Bonchev–Trinajstić information content (AvgIpc) is 3.14. The molecule has 7 heteroatoms. The van der Waals surface area contributed by atoms with Crippen molar-refractivity contribution in [1.29, 1.82) is 0 Å². The van der Waals surface area contributed by atoms with E-state index >= 15 is 0 Å². The van der Waals surface area contributed by atoms with Crippen LogP contribution in [0.1, 0.15) is 46.5 Å². The van der Waals surface area contributed by atoms with Gasteiger partial charge in [0.15, 0.2) is 0 Å². The fourth-order valence-electron chi connectivity index (χ4n) is 3.93. The molecule has 6 nitrogen and oxygen atoms in total. The van der Waals surface area contributed by atoms with Crippen LogP contribution in [0.5, 0.6) is 0 Å². The number of methoxy groups -OCH3 is 1. The molecule has 0 radical (unpaired) electrons. The molecule has 0 saturated heterocycles. The number of hydrogen-bond donors (Lipinski definition) is 2. The number of anilines is 1. The van der Waals surface area contributed by atoms with Crippen molar-refractivity contribution in [3.05, 3.63) is 52.7 Å². The minimum atomic E-state index is -0.301. The van der Waals surface area contributed by atoms with Crippen molar-refractivity contribution in [2.45, 2.75) is 51.2 Å². The Kier molecular flexibility index (Phi) is 6.06. The first-order valence-corrected chi connectivity index (χ1v) is 10.8. The van der Waals surface area contributed by atoms with Crippen LogP contribution in [-0.2, 0) is 11.3 Å². The molecule has 2 N–H and O–H groups in total. The van der Waals surface area contributed by atoms with Gasteiger partial charge in [-0.25, -0.2) is 14.8 Å². The van der Waals surface area contributed by atoms with Crippen molar-refractivity contribution in [2.75, 3.05) is 12.4 Å². The molecule has 152 valence electrons. The number of esters is 1. The molecule has 29 heavy (non-hydrogen) atoms. The van der Waals surface area contributed by atoms with E-state index in [9.17, 15) is 4.79 Å². The Bertz CT molecular complexity index is 986. The maximum atomic E-state index is 11.5. The highest BCUT2D eigenvalue weighted by atomic mass is 32.1. The lowest BCUT2D eigenvalue weighted by Gasteiger charge is -2.31. The summed E-state index contributed by atoms with van der Waals surface area (Å²) in [7, 11) is 1.40. The quantitative estimate of drug-likeness (QED) is 0.590. The van der Waals surface area contributed by atoms with E-state index in [1.54, 1.807) is 17.7 Å². The Morgan fingerprint density at radius 2 is 2.00 bits per heavy atom. The molecule has 1 fully saturated rings. The molecule has 2 atom stereocenters. The Morgan fingerprint density at radius 3 is 2.79 bits per heavy atom. The molecule has 1 saturated carbocycles. The summed E-state index contributed by atoms with van der Waals surface area (Å²) in [6, 6.07) is 10.6. The van der Waals surface area contributed by atoms with Gasteiger partial charge in [0.1, 0.15) is 17.0 Å². The number of fused-ring (bicyclic) bond motifs is 1. The largest absolute Gasteiger partial charge is 0.465 e. The van der Waals surface area contributed by atoms with E-state index < -0.39 is 0 Å². The lowest BCUT2D eigenvalue weighted by Crippen LogP contribution is -2.38. The second kappa shape index (κ2) is 8.88. The van der Waals surface area contributed by atoms with Gasteiger partial charge < -0.3 is 15.4 Å². The SMILES string of the molecule is COC(=O)c1ccc(CN[C@H]2CCC[C@@H](Nc3ncnc4sc(C)cc34)C2)cc1. The topological polar surface area (TPSA) is 76.1 Å². The van der Waals surface area contributed by atoms with Crippen LogP contribution in [0, 0.1) is 6.92 Å². The second-order valence-electron chi connectivity index (χ2n) is 7.57. The van der Waals surface area contributed by atoms with Gasteiger partial charge in [-0.2, -0.15) is 0 Å². The molecule has 0 amide bonds. The van der Waals surface area contributed by atoms with Gasteiger partial charge in [-0.3, -0.25) is 0 Å². The molecule has 3 aromatic rings. The van der Waals surface area contributed by atoms with Gasteiger partial charge in [0, 0.05) is 23.5 Å². The molecule has 2 heterocycles. The van der Waals surface area contributed by atoms with Crippen LogP contribution >= 0.6 is 11.3 Å². The monoisotopic (exact) mass is 410 g/mol. The summed E-state index contributed by atoms with van der Waals surface area (Å²) >= 11 is 1.71. The molecule has 1 aliphatic rings. The second-order valence-corrected chi connectivity index (χ2v) is 8.81. The Hall–Kier alpha value is -2.51. The maximum absolute atomic E-state index is 11.5. The van der Waals surface area contributed by atoms with Crippen molar-refractivity contribution in [2.24, 2.45) is 0 Å². The summed E-state index contributed by atoms with van der Waals surface area (Å²) < 4.78 is 4.75. The van der Waals surface area contributed by atoms with Crippen LogP contribution in [0.4, 0.5) is 5.82 Å². The van der Waals surface area contributed by atoms with Crippen molar-refractivity contribution in [3.8, 4) is 0 Å². The number of nitrogens with one attached hydrogen (secondary N) is 2. The number of benzene rings is 1. The van der Waals surface area contributed by atoms with E-state index in [2.05, 4.69) is 33.6 Å². The number of hydrogen-bond acceptors (Lipinski definition) is 7. The van der Waals surface area contributed by atoms with E-state index in [1.807, 2.05) is 24.3 Å². The average molecular weight is 411 g/mol. The molecule has 0 aliphatic heterocycles. The molecule has 1 aromatic carbocycles. The smallest absolute Gasteiger partial charge is 0.337 e. The van der Waals surface area contributed by atoms with Gasteiger partial charge in [0.05, 0.1) is 18.1 Å². The summed E-state index contributed by atoms with van der Waals surface area (Å²) in [6.07, 6.45) is 6.23. The van der Waals surface area contributed by atoms with E-state index in [0.29, 0.717) is 17.6 Å². The number of thiophene rings is 1. The molecule has 0 unspecified atom stereocenters. The Morgan fingerprint density at radius 1 is 1.21 bits per heavy atom. The zero-order chi connectivity index (χ0) is 20.2. The van der Waals surface area contributed by atoms with Crippen LogP contribution in [0.15, 0.2) is 36.7 Å². The summed E-state index contributed by atoms with van der Waals surface area (Å²) in [5.41, 5.74) is 1.75. The van der Waals surface area contributed by atoms with Crippen molar-refractivity contribution in [1.82, 2.24) is 15.3 Å². The highest BCUT2D eigenvalue weighted by molar-refractivity contribution is 7.18. The van der Waals surface area contributed by atoms with E-state index in [4.69, 9.17) is 4.74 Å². The minimum absolute atomic E-state index is 0.301. The number of carbonyl (C=O) groups excluding carboxylic acids is 1. The van der Waals surface area contributed by atoms with Crippen LogP contribution in [0.2, 0.25) is 0 Å². The highest BCUT2D eigenvalue weighted by Gasteiger charge is 2.22. The lowest BCUT2D eigenvalue weighted by atomic mass is 9.90. The van der Waals surface area contributed by atoms with E-state index in [1.165, 1.54) is 30.4 Å². The van der Waals surface area contributed by atoms with Gasteiger partial charge in [-0.05, 0) is 56.4 Å². The lowest BCUT2D eigenvalue weighted by molar-refractivity contribution is 0.0600. The standard InChI is InChI=1S/C22H26N4O2S/c1-14-10-19-20(24-13-25-21(19)29-14)26-18-5-3-4-17(11-18)23-12-15-6-8-16(9-7-15)22(27)28-2/h6-10,13,17-18,23H,3-5,11-12H2,1-2H3,(H,24,25,26)/t17-,18+/m0/s1. The Balaban J connectivity index is 1.34. The molecule has 4 rings (SSSR count). The van der Waals surface area contributed by atoms with Crippen LogP contribution in [0.25, 0.3) is 10.2 Å². The first-order valence-electron chi connectivity index (χ1n) is 10.0. The molecular weight excluding hydrogens is 384 g/mol. The number of carbonyl (C=O) groups is 1. The summed E-state index contributed by atoms with van der Waals surface area (Å²) in [5, 5.41) is 8.45. The van der Waals surface area contributed by atoms with Crippen LogP contribution in [0.3, 0.4) is 0 Å². The minimum Gasteiger partial charge on any atom is -0.465 e. The van der Waals surface area contributed by atoms with Crippen LogP contribution in [-0.4, -0.2) is 35.1 Å². The zero-order valence-corrected chi connectivity index (χ0v) is 17.6. The van der Waals surface area contributed by atoms with Crippen molar-refractivity contribution >= 4 is 33.3 Å². The fraction of sp³-hybridized carbons (Fsp3) is 0.409. The first kappa shape index (κ1) is 19.8.